The topological polar surface area (TPSA) is 41.1 Å². The van der Waals surface area contributed by atoms with Gasteiger partial charge in [0.15, 0.2) is 0 Å². The van der Waals surface area contributed by atoms with E-state index in [0.717, 1.165) is 49.4 Å². The summed E-state index contributed by atoms with van der Waals surface area (Å²) in [7, 11) is 0. The molecule has 1 unspecified atom stereocenters. The Balaban J connectivity index is 0.00000192. The average molecular weight is 357 g/mol. The quantitative estimate of drug-likeness (QED) is 0.865. The predicted octanol–water partition coefficient (Wildman–Crippen LogP) is 3.59. The Hall–Kier alpha value is -0.770. The molecule has 5 heteroatoms. The van der Waals surface area contributed by atoms with E-state index >= 15 is 0 Å². The molecule has 1 atom stereocenters. The maximum Gasteiger partial charge on any atom is 0.224 e. The van der Waals surface area contributed by atoms with Gasteiger partial charge in [0.1, 0.15) is 0 Å². The second-order valence-electron chi connectivity index (χ2n) is 7.51. The van der Waals surface area contributed by atoms with Gasteiger partial charge in [-0.2, -0.15) is 0 Å². The predicted molar refractivity (Wildman–Crippen MR) is 97.3 cm³/mol. The van der Waals surface area contributed by atoms with Crippen LogP contribution in [-0.4, -0.2) is 24.5 Å². The maximum absolute atomic E-state index is 12.6. The number of amides is 1. The molecule has 128 valence electrons. The molecule has 0 aromatic heterocycles. The minimum atomic E-state index is -0.279. The molecule has 1 aromatic rings. The third kappa shape index (κ3) is 4.20. The molecule has 1 aliphatic carbocycles. The second kappa shape index (κ2) is 7.00. The lowest BCUT2D eigenvalue weighted by atomic mass is 9.90. The largest absolute Gasteiger partial charge is 0.351 e. The average Bonchev–Trinajstić information content (AvgIpc) is 3.15. The molecule has 0 bridgehead atoms. The monoisotopic (exact) mass is 356 g/mol. The molecule has 1 saturated heterocycles. The molecular formula is C18H26Cl2N2O. The fourth-order valence-electron chi connectivity index (χ4n) is 3.78. The Morgan fingerprint density at radius 1 is 1.35 bits per heavy atom. The number of nitrogens with one attached hydrogen (secondary N) is 2. The Labute approximate surface area is 150 Å². The lowest BCUT2D eigenvalue weighted by Crippen LogP contribution is -2.46. The number of carbonyl (C=O) groups is 1. The molecule has 0 radical (unpaired) electrons. The number of hydrogen-bond acceptors (Lipinski definition) is 2. The number of piperidine rings is 1. The van der Waals surface area contributed by atoms with Gasteiger partial charge in [0, 0.05) is 16.5 Å². The first-order valence-corrected chi connectivity index (χ1v) is 8.56. The molecule has 1 amide bonds. The summed E-state index contributed by atoms with van der Waals surface area (Å²) >= 11 is 6.24. The zero-order chi connectivity index (χ0) is 15.8. The Bertz CT molecular complexity index is 568. The first kappa shape index (κ1) is 18.6. The fourth-order valence-corrected chi connectivity index (χ4v) is 3.98. The van der Waals surface area contributed by atoms with Gasteiger partial charge in [0.2, 0.25) is 5.91 Å². The van der Waals surface area contributed by atoms with Gasteiger partial charge in [0.25, 0.3) is 0 Å². The molecule has 1 heterocycles. The van der Waals surface area contributed by atoms with Crippen molar-refractivity contribution in [1.29, 1.82) is 0 Å². The smallest absolute Gasteiger partial charge is 0.224 e. The Kier molecular flexibility index (Phi) is 5.65. The summed E-state index contributed by atoms with van der Waals surface area (Å²) in [5.74, 6) is 0.430. The van der Waals surface area contributed by atoms with Crippen molar-refractivity contribution >= 4 is 29.9 Å². The van der Waals surface area contributed by atoms with E-state index < -0.39 is 0 Å². The van der Waals surface area contributed by atoms with Crippen molar-refractivity contribution in [2.75, 3.05) is 13.1 Å². The summed E-state index contributed by atoms with van der Waals surface area (Å²) in [5.41, 5.74) is 1.09. The van der Waals surface area contributed by atoms with Crippen molar-refractivity contribution in [3.05, 3.63) is 34.9 Å². The molecule has 23 heavy (non-hydrogen) atoms. The first-order chi connectivity index (χ1) is 10.4. The van der Waals surface area contributed by atoms with Gasteiger partial charge in [-0.15, -0.1) is 12.4 Å². The third-order valence-corrected chi connectivity index (χ3v) is 5.53. The van der Waals surface area contributed by atoms with Crippen molar-refractivity contribution in [1.82, 2.24) is 10.6 Å². The van der Waals surface area contributed by atoms with Crippen molar-refractivity contribution < 1.29 is 4.79 Å². The number of hydrogen-bond donors (Lipinski definition) is 2. The van der Waals surface area contributed by atoms with Gasteiger partial charge in [-0.3, -0.25) is 4.79 Å². The summed E-state index contributed by atoms with van der Waals surface area (Å²) < 4.78 is 0. The summed E-state index contributed by atoms with van der Waals surface area (Å²) in [4.78, 5) is 12.6. The van der Waals surface area contributed by atoms with Crippen LogP contribution in [-0.2, 0) is 11.2 Å². The van der Waals surface area contributed by atoms with Gasteiger partial charge in [0.05, 0.1) is 0 Å². The molecule has 1 aliphatic heterocycles. The van der Waals surface area contributed by atoms with E-state index in [4.69, 9.17) is 11.6 Å². The summed E-state index contributed by atoms with van der Waals surface area (Å²) in [6.07, 6.45) is 4.08. The molecule has 2 aliphatic rings. The molecule has 2 fully saturated rings. The normalized spacial score (nSPS) is 22.3. The van der Waals surface area contributed by atoms with E-state index in [2.05, 4.69) is 24.5 Å². The molecule has 3 rings (SSSR count). The highest BCUT2D eigenvalue weighted by atomic mass is 35.5. The molecule has 1 saturated carbocycles. The van der Waals surface area contributed by atoms with Crippen LogP contribution >= 0.6 is 24.0 Å². The summed E-state index contributed by atoms with van der Waals surface area (Å²) in [6.45, 7) is 6.25. The lowest BCUT2D eigenvalue weighted by Gasteiger charge is -2.29. The highest BCUT2D eigenvalue weighted by Crippen LogP contribution is 2.58. The highest BCUT2D eigenvalue weighted by Gasteiger charge is 2.58. The van der Waals surface area contributed by atoms with Crippen LogP contribution in [0.1, 0.15) is 38.7 Å². The van der Waals surface area contributed by atoms with E-state index in [0.29, 0.717) is 0 Å². The second-order valence-corrected chi connectivity index (χ2v) is 7.92. The number of benzene rings is 1. The van der Waals surface area contributed by atoms with Gasteiger partial charge in [-0.25, -0.2) is 0 Å². The number of rotatable bonds is 4. The number of halogens is 2. The lowest BCUT2D eigenvalue weighted by molar-refractivity contribution is -0.124. The zero-order valence-electron chi connectivity index (χ0n) is 13.8. The third-order valence-electron chi connectivity index (χ3n) is 5.16. The SMILES string of the molecule is CC(C)(Cc1ccccc1Cl)NC(=O)C1CC12CCNCC2.Cl. The minimum Gasteiger partial charge on any atom is -0.351 e. The van der Waals surface area contributed by atoms with E-state index in [1.165, 1.54) is 0 Å². The number of carbonyl (C=O) groups excluding carboxylic acids is 1. The molecule has 1 spiro atoms. The van der Waals surface area contributed by atoms with Crippen LogP contribution < -0.4 is 10.6 Å². The van der Waals surface area contributed by atoms with Crippen molar-refractivity contribution in [3.8, 4) is 0 Å². The van der Waals surface area contributed by atoms with Crippen LogP contribution in [0.25, 0.3) is 0 Å². The van der Waals surface area contributed by atoms with E-state index in [-0.39, 0.29) is 35.2 Å². The van der Waals surface area contributed by atoms with Gasteiger partial charge in [-0.1, -0.05) is 29.8 Å². The van der Waals surface area contributed by atoms with Crippen LogP contribution in [0, 0.1) is 11.3 Å². The molecule has 3 nitrogen and oxygen atoms in total. The van der Waals surface area contributed by atoms with E-state index in [1.807, 2.05) is 24.3 Å². The van der Waals surface area contributed by atoms with Crippen LogP contribution in [0.2, 0.25) is 5.02 Å². The van der Waals surface area contributed by atoms with Crippen LogP contribution in [0.4, 0.5) is 0 Å². The minimum absolute atomic E-state index is 0. The van der Waals surface area contributed by atoms with E-state index in [1.54, 1.807) is 0 Å². The standard InChI is InChI=1S/C18H25ClN2O.ClH/c1-17(2,11-13-5-3-4-6-15(13)19)21-16(22)14-12-18(14)7-9-20-10-8-18;/h3-6,14,20H,7-12H2,1-2H3,(H,21,22);1H. The van der Waals surface area contributed by atoms with Crippen LogP contribution in [0.15, 0.2) is 24.3 Å². The summed E-state index contributed by atoms with van der Waals surface area (Å²) in [5, 5.41) is 7.40. The Morgan fingerprint density at radius 3 is 2.65 bits per heavy atom. The fraction of sp³-hybridized carbons (Fsp3) is 0.611. The van der Waals surface area contributed by atoms with Crippen LogP contribution in [0.3, 0.4) is 0 Å². The van der Waals surface area contributed by atoms with Crippen molar-refractivity contribution in [2.45, 2.75) is 45.1 Å². The first-order valence-electron chi connectivity index (χ1n) is 8.18. The van der Waals surface area contributed by atoms with Crippen LogP contribution in [0.5, 0.6) is 0 Å². The molecular weight excluding hydrogens is 331 g/mol. The molecule has 1 aromatic carbocycles. The van der Waals surface area contributed by atoms with Gasteiger partial charge in [-0.05, 0) is 69.7 Å². The Morgan fingerprint density at radius 2 is 2.00 bits per heavy atom. The highest BCUT2D eigenvalue weighted by molar-refractivity contribution is 6.31. The van der Waals surface area contributed by atoms with Gasteiger partial charge >= 0.3 is 0 Å². The van der Waals surface area contributed by atoms with Gasteiger partial charge < -0.3 is 10.6 Å². The van der Waals surface area contributed by atoms with Crippen molar-refractivity contribution in [2.24, 2.45) is 11.3 Å². The van der Waals surface area contributed by atoms with Crippen molar-refractivity contribution in [3.63, 3.8) is 0 Å². The summed E-state index contributed by atoms with van der Waals surface area (Å²) in [6, 6.07) is 7.86. The molecule has 2 N–H and O–H groups in total. The maximum atomic E-state index is 12.6. The zero-order valence-corrected chi connectivity index (χ0v) is 15.4. The van der Waals surface area contributed by atoms with E-state index in [9.17, 15) is 4.79 Å².